The fourth-order valence-corrected chi connectivity index (χ4v) is 2.68. The lowest BCUT2D eigenvalue weighted by molar-refractivity contribution is -0.0606. The van der Waals surface area contributed by atoms with Crippen LogP contribution in [-0.2, 0) is 22.9 Å². The number of ether oxygens (including phenoxy) is 2. The maximum absolute atomic E-state index is 5.63. The Bertz CT molecular complexity index is 419. The molecule has 0 saturated heterocycles. The van der Waals surface area contributed by atoms with Gasteiger partial charge in [0.2, 0.25) is 0 Å². The molecule has 0 saturated carbocycles. The van der Waals surface area contributed by atoms with Crippen molar-refractivity contribution in [3.05, 3.63) is 11.4 Å². The Hall–Kier alpha value is -0.980. The average Bonchev–Trinajstić information content (AvgIpc) is 2.70. The van der Waals surface area contributed by atoms with Gasteiger partial charge in [-0.15, -0.1) is 5.10 Å². The molecular weight excluding hydrogens is 244 g/mol. The number of aryl methyl sites for hydroxylation is 1. The van der Waals surface area contributed by atoms with Crippen LogP contribution < -0.4 is 0 Å². The highest BCUT2D eigenvalue weighted by Crippen LogP contribution is 2.27. The number of methoxy groups -OCH3 is 2. The van der Waals surface area contributed by atoms with E-state index < -0.39 is 0 Å². The smallest absolute Gasteiger partial charge is 0.130 e. The number of hydrogen-bond acceptors (Lipinski definition) is 5. The molecule has 108 valence electrons. The zero-order chi connectivity index (χ0) is 14.0. The third kappa shape index (κ3) is 2.80. The molecule has 6 nitrogen and oxygen atoms in total. The van der Waals surface area contributed by atoms with E-state index in [4.69, 9.17) is 9.47 Å². The van der Waals surface area contributed by atoms with Crippen LogP contribution in [-0.4, -0.2) is 59.3 Å². The van der Waals surface area contributed by atoms with Gasteiger partial charge in [-0.1, -0.05) is 5.21 Å². The van der Waals surface area contributed by atoms with Crippen molar-refractivity contribution in [3.8, 4) is 0 Å². The lowest BCUT2D eigenvalue weighted by atomic mass is 10.0. The van der Waals surface area contributed by atoms with Gasteiger partial charge in [0.15, 0.2) is 0 Å². The molecule has 0 aliphatic carbocycles. The summed E-state index contributed by atoms with van der Waals surface area (Å²) in [5.74, 6) is 0. The molecular formula is C13H24N4O2. The van der Waals surface area contributed by atoms with Crippen molar-refractivity contribution < 1.29 is 9.47 Å². The zero-order valence-corrected chi connectivity index (χ0v) is 12.5. The minimum absolute atomic E-state index is 0.0249. The maximum atomic E-state index is 5.63. The molecule has 2 unspecified atom stereocenters. The Morgan fingerprint density at radius 2 is 2.00 bits per heavy atom. The zero-order valence-electron chi connectivity index (χ0n) is 12.5. The summed E-state index contributed by atoms with van der Waals surface area (Å²) in [7, 11) is 5.37. The summed E-state index contributed by atoms with van der Waals surface area (Å²) >= 11 is 0. The van der Waals surface area contributed by atoms with Gasteiger partial charge in [-0.2, -0.15) is 0 Å². The monoisotopic (exact) mass is 268 g/mol. The molecule has 0 aromatic carbocycles. The van der Waals surface area contributed by atoms with E-state index in [1.165, 1.54) is 0 Å². The topological polar surface area (TPSA) is 52.4 Å². The van der Waals surface area contributed by atoms with E-state index >= 15 is 0 Å². The molecule has 2 rings (SSSR count). The van der Waals surface area contributed by atoms with Crippen molar-refractivity contribution >= 4 is 0 Å². The molecule has 0 radical (unpaired) electrons. The van der Waals surface area contributed by atoms with Gasteiger partial charge in [0, 0.05) is 46.8 Å². The molecule has 1 aromatic rings. The Kier molecular flexibility index (Phi) is 4.54. The van der Waals surface area contributed by atoms with E-state index in [0.29, 0.717) is 6.04 Å². The second-order valence-electron chi connectivity index (χ2n) is 5.31. The number of aromatic nitrogens is 3. The first-order valence-electron chi connectivity index (χ1n) is 6.76. The number of hydrogen-bond donors (Lipinski definition) is 0. The SMILES string of the molecule is COC1CN(C(C)C)CCc2c(nnn2C)C1OC. The van der Waals surface area contributed by atoms with Crippen LogP contribution in [0.25, 0.3) is 0 Å². The normalized spacial score (nSPS) is 25.2. The minimum atomic E-state index is -0.157. The molecule has 0 fully saturated rings. The van der Waals surface area contributed by atoms with Crippen LogP contribution >= 0.6 is 0 Å². The number of fused-ring (bicyclic) bond motifs is 1. The average molecular weight is 268 g/mol. The van der Waals surface area contributed by atoms with Crippen molar-refractivity contribution in [3.63, 3.8) is 0 Å². The van der Waals surface area contributed by atoms with E-state index in [1.54, 1.807) is 14.2 Å². The fraction of sp³-hybridized carbons (Fsp3) is 0.846. The van der Waals surface area contributed by atoms with Gasteiger partial charge in [-0.25, -0.2) is 0 Å². The number of rotatable bonds is 3. The van der Waals surface area contributed by atoms with E-state index in [1.807, 2.05) is 11.7 Å². The second kappa shape index (κ2) is 5.98. The highest BCUT2D eigenvalue weighted by Gasteiger charge is 2.33. The van der Waals surface area contributed by atoms with E-state index in [2.05, 4.69) is 29.1 Å². The maximum Gasteiger partial charge on any atom is 0.130 e. The minimum Gasteiger partial charge on any atom is -0.377 e. The van der Waals surface area contributed by atoms with Crippen LogP contribution in [0, 0.1) is 0 Å². The van der Waals surface area contributed by atoms with Crippen molar-refractivity contribution in [2.24, 2.45) is 7.05 Å². The quantitative estimate of drug-likeness (QED) is 0.811. The summed E-state index contributed by atoms with van der Waals surface area (Å²) in [4.78, 5) is 2.41. The molecule has 1 aliphatic rings. The summed E-state index contributed by atoms with van der Waals surface area (Å²) in [5, 5.41) is 8.40. The summed E-state index contributed by atoms with van der Waals surface area (Å²) in [6.07, 6.45) is 0.756. The van der Waals surface area contributed by atoms with Gasteiger partial charge < -0.3 is 9.47 Å². The van der Waals surface area contributed by atoms with E-state index in [0.717, 1.165) is 30.9 Å². The molecule has 1 aliphatic heterocycles. The predicted octanol–water partition coefficient (Wildman–Crippen LogP) is 0.784. The largest absolute Gasteiger partial charge is 0.377 e. The third-order valence-electron chi connectivity index (χ3n) is 3.92. The Labute approximate surface area is 114 Å². The van der Waals surface area contributed by atoms with Crippen LogP contribution in [0.15, 0.2) is 0 Å². The Morgan fingerprint density at radius 1 is 1.26 bits per heavy atom. The molecule has 0 N–H and O–H groups in total. The van der Waals surface area contributed by atoms with Gasteiger partial charge in [0.1, 0.15) is 17.9 Å². The van der Waals surface area contributed by atoms with Crippen molar-refractivity contribution in [2.45, 2.75) is 38.5 Å². The fourth-order valence-electron chi connectivity index (χ4n) is 2.68. The molecule has 0 bridgehead atoms. The molecule has 0 amide bonds. The van der Waals surface area contributed by atoms with Crippen LogP contribution in [0.4, 0.5) is 0 Å². The van der Waals surface area contributed by atoms with Crippen LogP contribution in [0.2, 0.25) is 0 Å². The van der Waals surface area contributed by atoms with Crippen LogP contribution in [0.5, 0.6) is 0 Å². The Balaban J connectivity index is 2.36. The van der Waals surface area contributed by atoms with Gasteiger partial charge in [0.05, 0.1) is 5.69 Å². The standard InChI is InChI=1S/C13H24N4O2/c1-9(2)17-7-6-10-12(14-15-16(10)3)13(19-5)11(8-17)18-4/h9,11,13H,6-8H2,1-5H3. The Morgan fingerprint density at radius 3 is 2.58 bits per heavy atom. The first kappa shape index (κ1) is 14.4. The van der Waals surface area contributed by atoms with Crippen molar-refractivity contribution in [2.75, 3.05) is 27.3 Å². The summed E-state index contributed by atoms with van der Waals surface area (Å²) < 4.78 is 13.1. The first-order chi connectivity index (χ1) is 9.08. The molecule has 2 atom stereocenters. The lowest BCUT2D eigenvalue weighted by Gasteiger charge is -2.35. The van der Waals surface area contributed by atoms with Crippen molar-refractivity contribution in [1.82, 2.24) is 19.9 Å². The van der Waals surface area contributed by atoms with Crippen molar-refractivity contribution in [1.29, 1.82) is 0 Å². The number of nitrogens with zero attached hydrogens (tertiary/aromatic N) is 4. The van der Waals surface area contributed by atoms with Crippen LogP contribution in [0.3, 0.4) is 0 Å². The van der Waals surface area contributed by atoms with Gasteiger partial charge in [0.25, 0.3) is 0 Å². The van der Waals surface area contributed by atoms with E-state index in [-0.39, 0.29) is 12.2 Å². The molecule has 0 spiro atoms. The van der Waals surface area contributed by atoms with Gasteiger partial charge in [-0.3, -0.25) is 9.58 Å². The highest BCUT2D eigenvalue weighted by atomic mass is 16.5. The lowest BCUT2D eigenvalue weighted by Crippen LogP contribution is -2.44. The summed E-state index contributed by atoms with van der Waals surface area (Å²) in [6, 6.07) is 0.484. The summed E-state index contributed by atoms with van der Waals surface area (Å²) in [5.41, 5.74) is 2.06. The van der Waals surface area contributed by atoms with Gasteiger partial charge in [-0.05, 0) is 13.8 Å². The van der Waals surface area contributed by atoms with Gasteiger partial charge >= 0.3 is 0 Å². The molecule has 19 heavy (non-hydrogen) atoms. The van der Waals surface area contributed by atoms with Crippen LogP contribution in [0.1, 0.15) is 31.3 Å². The van der Waals surface area contributed by atoms with E-state index in [9.17, 15) is 0 Å². The molecule has 1 aromatic heterocycles. The third-order valence-corrected chi connectivity index (χ3v) is 3.92. The molecule has 6 heteroatoms. The second-order valence-corrected chi connectivity index (χ2v) is 5.31. The first-order valence-corrected chi connectivity index (χ1v) is 6.76. The molecule has 2 heterocycles. The predicted molar refractivity (Wildman–Crippen MR) is 72.0 cm³/mol. The summed E-state index contributed by atoms with van der Waals surface area (Å²) in [6.45, 7) is 6.25. The highest BCUT2D eigenvalue weighted by molar-refractivity contribution is 5.16.